The van der Waals surface area contributed by atoms with E-state index < -0.39 is 27.2 Å². The van der Waals surface area contributed by atoms with Crippen LogP contribution in [0, 0.1) is 5.82 Å². The van der Waals surface area contributed by atoms with Gasteiger partial charge in [0.05, 0.1) is 34.0 Å². The molecule has 0 fully saturated rings. The lowest BCUT2D eigenvalue weighted by Gasteiger charge is -2.28. The molecular weight excluding hydrogens is 427 g/mol. The Morgan fingerprint density at radius 3 is 2.61 bits per heavy atom. The molecule has 162 valence electrons. The largest absolute Gasteiger partial charge is 0.488 e. The van der Waals surface area contributed by atoms with Gasteiger partial charge in [-0.2, -0.15) is 0 Å². The van der Waals surface area contributed by atoms with E-state index in [0.717, 1.165) is 6.07 Å². The van der Waals surface area contributed by atoms with Gasteiger partial charge in [-0.3, -0.25) is 4.79 Å². The second-order valence-corrected chi connectivity index (χ2v) is 8.75. The van der Waals surface area contributed by atoms with Crippen molar-refractivity contribution in [3.05, 3.63) is 58.1 Å². The number of aromatic nitrogens is 1. The van der Waals surface area contributed by atoms with Crippen LogP contribution in [0.2, 0.25) is 0 Å². The van der Waals surface area contributed by atoms with Crippen molar-refractivity contribution in [3.63, 3.8) is 0 Å². The fraction of sp³-hybridized carbons (Fsp3) is 0.238. The fourth-order valence-corrected chi connectivity index (χ4v) is 4.18. The maximum atomic E-state index is 15.2. The average molecular weight is 446 g/mol. The number of sulfonamides is 1. The molecule has 3 aromatic rings. The van der Waals surface area contributed by atoms with E-state index in [2.05, 4.69) is 0 Å². The highest BCUT2D eigenvalue weighted by Gasteiger charge is 2.29. The van der Waals surface area contributed by atoms with E-state index >= 15 is 4.39 Å². The molecule has 0 amide bonds. The molecule has 1 aromatic heterocycles. The third-order valence-electron chi connectivity index (χ3n) is 5.13. The Morgan fingerprint density at radius 1 is 1.32 bits per heavy atom. The Morgan fingerprint density at radius 2 is 2.00 bits per heavy atom. The zero-order valence-electron chi connectivity index (χ0n) is 16.7. The molecule has 0 saturated heterocycles. The lowest BCUT2D eigenvalue weighted by Crippen LogP contribution is -2.27. The van der Waals surface area contributed by atoms with Gasteiger partial charge >= 0.3 is 5.97 Å². The van der Waals surface area contributed by atoms with E-state index in [1.54, 1.807) is 11.5 Å². The summed E-state index contributed by atoms with van der Waals surface area (Å²) in [6.07, 6.45) is 1.41. The third kappa shape index (κ3) is 3.47. The second kappa shape index (κ2) is 7.47. The van der Waals surface area contributed by atoms with Gasteiger partial charge in [0.2, 0.25) is 15.5 Å². The van der Waals surface area contributed by atoms with E-state index in [1.807, 2.05) is 6.92 Å². The maximum Gasteiger partial charge on any atom is 0.343 e. The molecule has 8 nitrogen and oxygen atoms in total. The van der Waals surface area contributed by atoms with Gasteiger partial charge in [0.1, 0.15) is 18.0 Å². The first-order chi connectivity index (χ1) is 14.6. The molecule has 1 atom stereocenters. The van der Waals surface area contributed by atoms with Crippen LogP contribution < -0.4 is 15.3 Å². The monoisotopic (exact) mass is 446 g/mol. The van der Waals surface area contributed by atoms with Crippen molar-refractivity contribution < 1.29 is 27.1 Å². The molecule has 2 heterocycles. The van der Waals surface area contributed by atoms with Gasteiger partial charge in [-0.15, -0.1) is 0 Å². The Labute approximate surface area is 177 Å². The van der Waals surface area contributed by atoms with Crippen LogP contribution in [0.1, 0.15) is 30.2 Å². The normalized spacial score (nSPS) is 15.5. The summed E-state index contributed by atoms with van der Waals surface area (Å²) < 4.78 is 50.7. The highest BCUT2D eigenvalue weighted by Crippen LogP contribution is 2.42. The molecule has 1 unspecified atom stereocenters. The Kier molecular flexibility index (Phi) is 5.06. The molecule has 2 aromatic carbocycles. The number of carbonyl (C=O) groups is 1. The van der Waals surface area contributed by atoms with Crippen LogP contribution in [-0.2, 0) is 14.8 Å². The van der Waals surface area contributed by atoms with Crippen LogP contribution >= 0.6 is 0 Å². The number of carbonyl (C=O) groups excluding carboxylic acids is 1. The zero-order chi connectivity index (χ0) is 22.5. The number of ether oxygens (including phenoxy) is 2. The molecule has 0 saturated carbocycles. The quantitative estimate of drug-likeness (QED) is 0.616. The average Bonchev–Trinajstić information content (AvgIpc) is 2.71. The number of halogens is 1. The summed E-state index contributed by atoms with van der Waals surface area (Å²) in [4.78, 5) is 25.1. The first-order valence-corrected chi connectivity index (χ1v) is 11.0. The molecule has 4 rings (SSSR count). The fourth-order valence-electron chi connectivity index (χ4n) is 3.66. The van der Waals surface area contributed by atoms with Crippen molar-refractivity contribution in [2.24, 2.45) is 5.14 Å². The second-order valence-electron chi connectivity index (χ2n) is 7.19. The molecule has 0 spiro atoms. The van der Waals surface area contributed by atoms with Gasteiger partial charge in [0.15, 0.2) is 5.75 Å². The van der Waals surface area contributed by atoms with Crippen LogP contribution in [-0.4, -0.2) is 32.2 Å². The van der Waals surface area contributed by atoms with E-state index in [0.29, 0.717) is 11.1 Å². The van der Waals surface area contributed by atoms with Crippen molar-refractivity contribution in [2.45, 2.75) is 24.8 Å². The van der Waals surface area contributed by atoms with Crippen molar-refractivity contribution in [2.75, 3.05) is 13.2 Å². The summed E-state index contributed by atoms with van der Waals surface area (Å²) in [5.74, 6) is -1.38. The minimum absolute atomic E-state index is 0.00508. The first kappa shape index (κ1) is 21.0. The maximum absolute atomic E-state index is 15.2. The van der Waals surface area contributed by atoms with Crippen LogP contribution in [0.4, 0.5) is 4.39 Å². The first-order valence-electron chi connectivity index (χ1n) is 9.48. The SMILES string of the molecule is CCOC(=O)c1cn2c3c(c(-c4ccc(S(N)(=O)=O)cc4)c(F)cc3c1=O)OCC2C. The smallest absolute Gasteiger partial charge is 0.343 e. The molecule has 0 bridgehead atoms. The predicted octanol–water partition coefficient (Wildman–Crippen LogP) is 2.59. The zero-order valence-corrected chi connectivity index (χ0v) is 17.5. The number of benzene rings is 2. The molecule has 2 N–H and O–H groups in total. The van der Waals surface area contributed by atoms with Crippen molar-refractivity contribution >= 4 is 26.9 Å². The molecule has 31 heavy (non-hydrogen) atoms. The summed E-state index contributed by atoms with van der Waals surface area (Å²) in [7, 11) is -3.90. The van der Waals surface area contributed by atoms with E-state index in [9.17, 15) is 18.0 Å². The number of nitrogens with zero attached hydrogens (tertiary/aromatic N) is 1. The Bertz CT molecular complexity index is 1380. The number of esters is 1. The van der Waals surface area contributed by atoms with Gasteiger partial charge in [-0.1, -0.05) is 12.1 Å². The molecule has 1 aliphatic heterocycles. The Hall–Kier alpha value is -3.24. The van der Waals surface area contributed by atoms with Gasteiger partial charge in [0.25, 0.3) is 0 Å². The standard InChI is InChI=1S/C21H19FN2O6S/c1-3-29-21(26)15-9-24-11(2)10-30-20-17(16(22)8-14(18(20)24)19(15)25)12-4-6-13(7-5-12)31(23,27)28/h4-9,11H,3,10H2,1-2H3,(H2,23,27,28). The molecular formula is C21H19FN2O6S. The van der Waals surface area contributed by atoms with Crippen LogP contribution in [0.15, 0.2) is 46.2 Å². The number of hydrogen-bond acceptors (Lipinski definition) is 6. The van der Waals surface area contributed by atoms with Crippen LogP contribution in [0.3, 0.4) is 0 Å². The van der Waals surface area contributed by atoms with Crippen LogP contribution in [0.5, 0.6) is 5.75 Å². The molecule has 0 radical (unpaired) electrons. The summed E-state index contributed by atoms with van der Waals surface area (Å²) >= 11 is 0. The Balaban J connectivity index is 2.01. The lowest BCUT2D eigenvalue weighted by molar-refractivity contribution is 0.0523. The lowest BCUT2D eigenvalue weighted by atomic mass is 9.98. The molecule has 10 heteroatoms. The topological polar surface area (TPSA) is 118 Å². The van der Waals surface area contributed by atoms with Gasteiger partial charge in [0, 0.05) is 6.20 Å². The molecule has 0 aliphatic carbocycles. The molecule has 1 aliphatic rings. The summed E-state index contributed by atoms with van der Waals surface area (Å²) in [6, 6.07) is 6.19. The summed E-state index contributed by atoms with van der Waals surface area (Å²) in [6.45, 7) is 3.75. The van der Waals surface area contributed by atoms with E-state index in [4.69, 9.17) is 14.6 Å². The number of nitrogens with two attached hydrogens (primary N) is 1. The minimum atomic E-state index is -3.90. The number of rotatable bonds is 4. The van der Waals surface area contributed by atoms with Crippen molar-refractivity contribution in [1.29, 1.82) is 0 Å². The number of hydrogen-bond donors (Lipinski definition) is 1. The van der Waals surface area contributed by atoms with Gasteiger partial charge < -0.3 is 14.0 Å². The third-order valence-corrected chi connectivity index (χ3v) is 6.06. The summed E-state index contributed by atoms with van der Waals surface area (Å²) in [5, 5.41) is 5.12. The van der Waals surface area contributed by atoms with E-state index in [1.165, 1.54) is 30.5 Å². The highest BCUT2D eigenvalue weighted by molar-refractivity contribution is 7.89. The number of pyridine rings is 1. The van der Waals surface area contributed by atoms with Gasteiger partial charge in [-0.05, 0) is 37.6 Å². The van der Waals surface area contributed by atoms with Gasteiger partial charge in [-0.25, -0.2) is 22.7 Å². The number of primary sulfonamides is 1. The predicted molar refractivity (Wildman–Crippen MR) is 111 cm³/mol. The van der Waals surface area contributed by atoms with Crippen LogP contribution in [0.25, 0.3) is 22.0 Å². The highest BCUT2D eigenvalue weighted by atomic mass is 32.2. The summed E-state index contributed by atoms with van der Waals surface area (Å²) in [5.41, 5.74) is -0.0525. The van der Waals surface area contributed by atoms with Crippen molar-refractivity contribution in [3.8, 4) is 16.9 Å². The van der Waals surface area contributed by atoms with E-state index in [-0.39, 0.29) is 46.4 Å². The van der Waals surface area contributed by atoms with Crippen molar-refractivity contribution in [1.82, 2.24) is 4.57 Å². The minimum Gasteiger partial charge on any atom is -0.488 e.